The highest BCUT2D eigenvalue weighted by Gasteiger charge is 2.44. The van der Waals surface area contributed by atoms with E-state index in [-0.39, 0.29) is 58.0 Å². The monoisotopic (exact) mass is 805 g/mol. The highest BCUT2D eigenvalue weighted by atomic mass is 16.5. The van der Waals surface area contributed by atoms with Crippen LogP contribution >= 0.6 is 0 Å². The van der Waals surface area contributed by atoms with Crippen molar-refractivity contribution in [2.45, 2.75) is 57.2 Å². The molecule has 14 nitrogen and oxygen atoms in total. The van der Waals surface area contributed by atoms with E-state index < -0.39 is 47.0 Å². The summed E-state index contributed by atoms with van der Waals surface area (Å²) in [6.45, 7) is 1.65. The van der Waals surface area contributed by atoms with Gasteiger partial charge in [-0.15, -0.1) is 0 Å². The van der Waals surface area contributed by atoms with Crippen LogP contribution in [0.4, 0.5) is 0 Å². The number of rotatable bonds is 11. The molecule has 3 aromatic carbocycles. The quantitative estimate of drug-likeness (QED) is 0.158. The number of ether oxygens (including phenoxy) is 1. The molecule has 2 bridgehead atoms. The van der Waals surface area contributed by atoms with Gasteiger partial charge in [-0.2, -0.15) is 0 Å². The standard InChI is InChI=1S/C45H55N7O7/c46-23-27-59-28-25-48-42(56)38-21-24-47-39(53)19-20-41(55)52-26-10-22-45(32-52,30-34-13-5-2-6-14-34)44(58)51-37(18-9-15-33-11-3-1-4-12-33)43(57)49-31-36-17-8-7-16-35(36)29-40(54)50-38/h1-9,11-17,19-20,37-38H,10,18,21-32,46H2,(H,47,53)(H,48,56)(H,49,57)(H,50,54)(H,51,58)/b15-9+,20-19+/t37-,38-,45-/m0/s1. The van der Waals surface area contributed by atoms with E-state index in [2.05, 4.69) is 26.6 Å². The van der Waals surface area contributed by atoms with Crippen LogP contribution in [0.1, 0.15) is 47.9 Å². The van der Waals surface area contributed by atoms with E-state index in [9.17, 15) is 28.8 Å². The number of nitrogens with zero attached hydrogens (tertiary/aromatic N) is 1. The number of piperidine rings is 1. The van der Waals surface area contributed by atoms with Crippen LogP contribution in [0.2, 0.25) is 0 Å². The minimum atomic E-state index is -1.07. The maximum atomic E-state index is 14.6. The van der Waals surface area contributed by atoms with Gasteiger partial charge < -0.3 is 42.0 Å². The predicted molar refractivity (Wildman–Crippen MR) is 224 cm³/mol. The predicted octanol–water partition coefficient (Wildman–Crippen LogP) is 1.94. The molecule has 6 amide bonds. The Labute approximate surface area is 345 Å². The second-order valence-corrected chi connectivity index (χ2v) is 14.8. The van der Waals surface area contributed by atoms with Crippen molar-refractivity contribution in [2.75, 3.05) is 45.9 Å². The first-order valence-corrected chi connectivity index (χ1v) is 20.2. The Balaban J connectivity index is 1.44. The normalized spacial score (nSPS) is 21.8. The maximum Gasteiger partial charge on any atom is 0.246 e. The summed E-state index contributed by atoms with van der Waals surface area (Å²) in [6, 6.07) is 24.4. The number of benzene rings is 3. The molecule has 59 heavy (non-hydrogen) atoms. The van der Waals surface area contributed by atoms with Gasteiger partial charge in [-0.25, -0.2) is 0 Å². The second-order valence-electron chi connectivity index (χ2n) is 14.8. The Morgan fingerprint density at radius 1 is 0.881 bits per heavy atom. The number of amides is 6. The number of fused-ring (bicyclic) bond motifs is 3. The first-order chi connectivity index (χ1) is 28.7. The number of carbonyl (C=O) groups is 6. The van der Waals surface area contributed by atoms with Crippen LogP contribution in [0.5, 0.6) is 0 Å². The van der Waals surface area contributed by atoms with E-state index in [0.717, 1.165) is 17.2 Å². The van der Waals surface area contributed by atoms with E-state index in [1.165, 1.54) is 6.08 Å². The van der Waals surface area contributed by atoms with Crippen LogP contribution < -0.4 is 32.3 Å². The van der Waals surface area contributed by atoms with Crippen molar-refractivity contribution < 1.29 is 33.5 Å². The molecule has 2 aliphatic rings. The van der Waals surface area contributed by atoms with Gasteiger partial charge in [0.15, 0.2) is 0 Å². The summed E-state index contributed by atoms with van der Waals surface area (Å²) in [5.74, 6) is -2.66. The highest BCUT2D eigenvalue weighted by molar-refractivity contribution is 5.97. The molecule has 2 heterocycles. The molecule has 1 saturated heterocycles. The lowest BCUT2D eigenvalue weighted by Crippen LogP contribution is -2.57. The van der Waals surface area contributed by atoms with E-state index in [4.69, 9.17) is 10.5 Å². The van der Waals surface area contributed by atoms with Crippen LogP contribution in [0.3, 0.4) is 0 Å². The lowest BCUT2D eigenvalue weighted by Gasteiger charge is -2.42. The van der Waals surface area contributed by atoms with Crippen molar-refractivity contribution in [3.63, 3.8) is 0 Å². The zero-order valence-corrected chi connectivity index (χ0v) is 33.3. The zero-order valence-electron chi connectivity index (χ0n) is 33.3. The number of nitrogens with one attached hydrogen (secondary N) is 5. The first-order valence-electron chi connectivity index (χ1n) is 20.2. The molecule has 1 fully saturated rings. The van der Waals surface area contributed by atoms with Crippen LogP contribution in [0.15, 0.2) is 103 Å². The average molecular weight is 806 g/mol. The van der Waals surface area contributed by atoms with E-state index in [0.29, 0.717) is 50.1 Å². The van der Waals surface area contributed by atoms with E-state index in [1.54, 1.807) is 29.2 Å². The fourth-order valence-electron chi connectivity index (χ4n) is 7.26. The molecule has 0 aliphatic carbocycles. The van der Waals surface area contributed by atoms with Gasteiger partial charge in [-0.3, -0.25) is 28.8 Å². The molecule has 14 heteroatoms. The number of carbonyl (C=O) groups excluding carboxylic acids is 6. The highest BCUT2D eigenvalue weighted by Crippen LogP contribution is 2.35. The Hall–Kier alpha value is -6.12. The third-order valence-electron chi connectivity index (χ3n) is 10.4. The van der Waals surface area contributed by atoms with Crippen molar-refractivity contribution in [3.8, 4) is 0 Å². The molecular weight excluding hydrogens is 751 g/mol. The lowest BCUT2D eigenvalue weighted by atomic mass is 9.74. The molecule has 5 rings (SSSR count). The summed E-state index contributed by atoms with van der Waals surface area (Å²) in [5.41, 5.74) is 7.56. The van der Waals surface area contributed by atoms with Gasteiger partial charge >= 0.3 is 0 Å². The smallest absolute Gasteiger partial charge is 0.246 e. The van der Waals surface area contributed by atoms with Crippen LogP contribution in [-0.2, 0) is 52.9 Å². The Bertz CT molecular complexity index is 1960. The van der Waals surface area contributed by atoms with Crippen molar-refractivity contribution >= 4 is 41.5 Å². The fraction of sp³-hybridized carbons (Fsp3) is 0.378. The van der Waals surface area contributed by atoms with Crippen LogP contribution in [0.25, 0.3) is 6.08 Å². The third kappa shape index (κ3) is 13.8. The van der Waals surface area contributed by atoms with Gasteiger partial charge in [0.05, 0.1) is 25.0 Å². The zero-order chi connectivity index (χ0) is 41.9. The second kappa shape index (κ2) is 22.7. The summed E-state index contributed by atoms with van der Waals surface area (Å²) >= 11 is 0. The minimum absolute atomic E-state index is 0.0216. The molecular formula is C45H55N7O7. The van der Waals surface area contributed by atoms with Gasteiger partial charge in [0.2, 0.25) is 35.4 Å². The van der Waals surface area contributed by atoms with Gasteiger partial charge in [0.1, 0.15) is 12.1 Å². The SMILES string of the molecule is NCCOCCNC(=O)[C@@H]1CCNC(=O)/C=C/C(=O)N2CCC[C@](Cc3ccccc3)(C2)C(=O)N[C@@H](C/C=C/c2ccccc2)C(=O)NCc2ccccc2CC(=O)N1. The summed E-state index contributed by atoms with van der Waals surface area (Å²) < 4.78 is 5.35. The summed E-state index contributed by atoms with van der Waals surface area (Å²) in [4.78, 5) is 83.5. The van der Waals surface area contributed by atoms with Crippen LogP contribution in [-0.4, -0.2) is 98.4 Å². The Morgan fingerprint density at radius 2 is 1.61 bits per heavy atom. The molecule has 0 saturated carbocycles. The summed E-state index contributed by atoms with van der Waals surface area (Å²) in [6.07, 6.45) is 7.52. The average Bonchev–Trinajstić information content (AvgIpc) is 3.24. The molecule has 312 valence electrons. The van der Waals surface area contributed by atoms with Crippen LogP contribution in [0, 0.1) is 5.41 Å². The topological polar surface area (TPSA) is 201 Å². The molecule has 7 N–H and O–H groups in total. The summed E-state index contributed by atoms with van der Waals surface area (Å²) in [7, 11) is 0. The minimum Gasteiger partial charge on any atom is -0.378 e. The third-order valence-corrected chi connectivity index (χ3v) is 10.4. The van der Waals surface area contributed by atoms with Crippen molar-refractivity contribution in [3.05, 3.63) is 125 Å². The molecule has 0 spiro atoms. The van der Waals surface area contributed by atoms with Crippen molar-refractivity contribution in [1.29, 1.82) is 0 Å². The number of hydrogen-bond acceptors (Lipinski definition) is 8. The van der Waals surface area contributed by atoms with Crippen molar-refractivity contribution in [2.24, 2.45) is 11.1 Å². The van der Waals surface area contributed by atoms with E-state index >= 15 is 0 Å². The molecule has 3 aromatic rings. The Morgan fingerprint density at radius 3 is 2.37 bits per heavy atom. The lowest BCUT2D eigenvalue weighted by molar-refractivity contribution is -0.141. The maximum absolute atomic E-state index is 14.6. The fourth-order valence-corrected chi connectivity index (χ4v) is 7.26. The first kappa shape index (κ1) is 44.0. The van der Waals surface area contributed by atoms with Gasteiger partial charge in [-0.05, 0) is 54.4 Å². The van der Waals surface area contributed by atoms with Gasteiger partial charge in [-0.1, -0.05) is 97.1 Å². The largest absolute Gasteiger partial charge is 0.378 e. The molecule has 0 radical (unpaired) electrons. The number of nitrogens with two attached hydrogens (primary N) is 1. The molecule has 3 atom stereocenters. The number of hydrogen-bond donors (Lipinski definition) is 6. The molecule has 0 unspecified atom stereocenters. The van der Waals surface area contributed by atoms with E-state index in [1.807, 2.05) is 72.8 Å². The van der Waals surface area contributed by atoms with Gasteiger partial charge in [0, 0.05) is 51.4 Å². The Kier molecular flexibility index (Phi) is 16.9. The summed E-state index contributed by atoms with van der Waals surface area (Å²) in [5, 5.41) is 14.3. The van der Waals surface area contributed by atoms with Gasteiger partial charge in [0.25, 0.3) is 0 Å². The molecule has 2 aliphatic heterocycles. The molecule has 0 aromatic heterocycles. The van der Waals surface area contributed by atoms with Crippen molar-refractivity contribution in [1.82, 2.24) is 31.5 Å².